The summed E-state index contributed by atoms with van der Waals surface area (Å²) in [6, 6.07) is 3.79. The highest BCUT2D eigenvalue weighted by Gasteiger charge is 2.37. The fraction of sp³-hybridized carbons (Fsp3) is 0.692. The maximum atomic E-state index is 12.7. The van der Waals surface area contributed by atoms with E-state index in [-0.39, 0.29) is 6.04 Å². The van der Waals surface area contributed by atoms with Crippen molar-refractivity contribution in [3.8, 4) is 0 Å². The minimum absolute atomic E-state index is 0.153. The molecule has 1 atom stereocenters. The summed E-state index contributed by atoms with van der Waals surface area (Å²) >= 11 is 1.37. The Balaban J connectivity index is 2.25. The molecule has 2 heterocycles. The third-order valence-corrected chi connectivity index (χ3v) is 7.05. The number of rotatable bonds is 5. The lowest BCUT2D eigenvalue weighted by atomic mass is 10.0. The van der Waals surface area contributed by atoms with Gasteiger partial charge in [0.15, 0.2) is 0 Å². The summed E-state index contributed by atoms with van der Waals surface area (Å²) in [6.07, 6.45) is 1.95. The molecule has 0 radical (unpaired) electrons. The van der Waals surface area contributed by atoms with Gasteiger partial charge in [0.25, 0.3) is 10.0 Å². The van der Waals surface area contributed by atoms with Crippen molar-refractivity contribution in [2.45, 2.75) is 43.5 Å². The van der Waals surface area contributed by atoms with Crippen LogP contribution < -0.4 is 5.32 Å². The van der Waals surface area contributed by atoms with Crippen LogP contribution in [0.1, 0.15) is 31.6 Å². The van der Waals surface area contributed by atoms with Crippen LogP contribution in [0.2, 0.25) is 0 Å². The van der Waals surface area contributed by atoms with Gasteiger partial charge in [0.2, 0.25) is 0 Å². The molecule has 19 heavy (non-hydrogen) atoms. The Hall–Kier alpha value is -0.430. The summed E-state index contributed by atoms with van der Waals surface area (Å²) in [6.45, 7) is 5.57. The molecule has 1 aliphatic rings. The number of nitrogens with one attached hydrogen (secondary N) is 1. The first-order valence-corrected chi connectivity index (χ1v) is 8.97. The highest BCUT2D eigenvalue weighted by molar-refractivity contribution is 7.91. The van der Waals surface area contributed by atoms with Crippen molar-refractivity contribution in [3.05, 3.63) is 17.0 Å². The topological polar surface area (TPSA) is 49.4 Å². The molecule has 4 nitrogen and oxygen atoms in total. The van der Waals surface area contributed by atoms with E-state index in [1.807, 2.05) is 13.1 Å². The summed E-state index contributed by atoms with van der Waals surface area (Å²) in [7, 11) is -1.44. The van der Waals surface area contributed by atoms with Gasteiger partial charge in [-0.25, -0.2) is 8.42 Å². The molecule has 1 fully saturated rings. The van der Waals surface area contributed by atoms with Crippen LogP contribution in [0, 0.1) is 5.92 Å². The predicted octanol–water partition coefficient (Wildman–Crippen LogP) is 2.28. The van der Waals surface area contributed by atoms with Gasteiger partial charge in [-0.1, -0.05) is 13.8 Å². The van der Waals surface area contributed by atoms with E-state index in [1.165, 1.54) is 11.3 Å². The Bertz CT molecular complexity index is 523. The van der Waals surface area contributed by atoms with Gasteiger partial charge in [0.1, 0.15) is 4.21 Å². The van der Waals surface area contributed by atoms with E-state index >= 15 is 0 Å². The Morgan fingerprint density at radius 3 is 2.84 bits per heavy atom. The second kappa shape index (κ2) is 5.91. The van der Waals surface area contributed by atoms with Crippen LogP contribution in [-0.2, 0) is 16.6 Å². The average molecular weight is 302 g/mol. The van der Waals surface area contributed by atoms with Crippen molar-refractivity contribution in [1.82, 2.24) is 9.62 Å². The molecule has 1 aromatic heterocycles. The first-order valence-electron chi connectivity index (χ1n) is 6.72. The molecule has 0 aromatic carbocycles. The maximum Gasteiger partial charge on any atom is 0.252 e. The fourth-order valence-electron chi connectivity index (χ4n) is 2.61. The largest absolute Gasteiger partial charge is 0.315 e. The minimum Gasteiger partial charge on any atom is -0.315 e. The Morgan fingerprint density at radius 2 is 2.21 bits per heavy atom. The summed E-state index contributed by atoms with van der Waals surface area (Å²) < 4.78 is 27.5. The van der Waals surface area contributed by atoms with Gasteiger partial charge < -0.3 is 5.32 Å². The average Bonchev–Trinajstić information content (AvgIpc) is 2.97. The highest BCUT2D eigenvalue weighted by Crippen LogP contribution is 2.32. The second-order valence-electron chi connectivity index (χ2n) is 5.32. The minimum atomic E-state index is -3.31. The van der Waals surface area contributed by atoms with E-state index < -0.39 is 10.0 Å². The molecule has 2 rings (SSSR count). The zero-order valence-electron chi connectivity index (χ0n) is 11.7. The zero-order valence-corrected chi connectivity index (χ0v) is 13.4. The molecule has 108 valence electrons. The van der Waals surface area contributed by atoms with Crippen molar-refractivity contribution in [2.75, 3.05) is 13.6 Å². The quantitative estimate of drug-likeness (QED) is 0.908. The van der Waals surface area contributed by atoms with Gasteiger partial charge in [0.05, 0.1) is 0 Å². The third-order valence-electron chi connectivity index (χ3n) is 3.57. The Kier molecular flexibility index (Phi) is 4.66. The SMILES string of the molecule is CNCc1ccc(S(=O)(=O)N2CCCC2C(C)C)s1. The lowest BCUT2D eigenvalue weighted by Crippen LogP contribution is -2.38. The Morgan fingerprint density at radius 1 is 1.47 bits per heavy atom. The van der Waals surface area contributed by atoms with E-state index in [9.17, 15) is 8.42 Å². The van der Waals surface area contributed by atoms with Crippen LogP contribution in [0.5, 0.6) is 0 Å². The molecule has 1 unspecified atom stereocenters. The maximum absolute atomic E-state index is 12.7. The van der Waals surface area contributed by atoms with Crippen LogP contribution in [0.4, 0.5) is 0 Å². The fourth-order valence-corrected chi connectivity index (χ4v) is 5.93. The molecule has 1 saturated heterocycles. The van der Waals surface area contributed by atoms with Gasteiger partial charge in [0, 0.05) is 24.0 Å². The second-order valence-corrected chi connectivity index (χ2v) is 8.61. The number of hydrogen-bond acceptors (Lipinski definition) is 4. The van der Waals surface area contributed by atoms with Crippen molar-refractivity contribution >= 4 is 21.4 Å². The molecular formula is C13H22N2O2S2. The lowest BCUT2D eigenvalue weighted by molar-refractivity contribution is 0.316. The summed E-state index contributed by atoms with van der Waals surface area (Å²) in [5.74, 6) is 0.369. The summed E-state index contributed by atoms with van der Waals surface area (Å²) in [5, 5.41) is 3.05. The van der Waals surface area contributed by atoms with Crippen LogP contribution in [0.3, 0.4) is 0 Å². The zero-order chi connectivity index (χ0) is 14.0. The molecule has 1 aliphatic heterocycles. The first-order chi connectivity index (χ1) is 8.96. The summed E-state index contributed by atoms with van der Waals surface area (Å²) in [4.78, 5) is 1.06. The third kappa shape index (κ3) is 3.02. The van der Waals surface area contributed by atoms with Gasteiger partial charge in [-0.2, -0.15) is 4.31 Å². The van der Waals surface area contributed by atoms with Gasteiger partial charge in [-0.05, 0) is 37.9 Å². The van der Waals surface area contributed by atoms with Crippen molar-refractivity contribution in [3.63, 3.8) is 0 Å². The van der Waals surface area contributed by atoms with E-state index in [0.717, 1.165) is 17.7 Å². The van der Waals surface area contributed by atoms with Crippen LogP contribution in [-0.4, -0.2) is 32.4 Å². The smallest absolute Gasteiger partial charge is 0.252 e. The summed E-state index contributed by atoms with van der Waals surface area (Å²) in [5.41, 5.74) is 0. The van der Waals surface area contributed by atoms with Gasteiger partial charge in [-0.15, -0.1) is 11.3 Å². The number of thiophene rings is 1. The van der Waals surface area contributed by atoms with Crippen molar-refractivity contribution in [1.29, 1.82) is 0 Å². The van der Waals surface area contributed by atoms with E-state index in [0.29, 0.717) is 23.2 Å². The highest BCUT2D eigenvalue weighted by atomic mass is 32.2. The number of sulfonamides is 1. The lowest BCUT2D eigenvalue weighted by Gasteiger charge is -2.26. The molecule has 0 saturated carbocycles. The molecule has 1 aromatic rings. The molecule has 0 amide bonds. The molecule has 0 bridgehead atoms. The normalized spacial score (nSPS) is 21.4. The van der Waals surface area contributed by atoms with E-state index in [2.05, 4.69) is 19.2 Å². The monoisotopic (exact) mass is 302 g/mol. The molecule has 6 heteroatoms. The Labute approximate surface area is 119 Å². The predicted molar refractivity (Wildman–Crippen MR) is 78.8 cm³/mol. The number of nitrogens with zero attached hydrogens (tertiary/aromatic N) is 1. The standard InChI is InChI=1S/C13H22N2O2S2/c1-10(2)12-5-4-8-15(12)19(16,17)13-7-6-11(18-13)9-14-3/h6-7,10,12,14H,4-5,8-9H2,1-3H3. The van der Waals surface area contributed by atoms with Gasteiger partial charge in [-0.3, -0.25) is 0 Å². The van der Waals surface area contributed by atoms with E-state index in [4.69, 9.17) is 0 Å². The number of hydrogen-bond donors (Lipinski definition) is 1. The van der Waals surface area contributed by atoms with Crippen LogP contribution in [0.15, 0.2) is 16.3 Å². The first kappa shape index (κ1) is 15.0. The molecular weight excluding hydrogens is 280 g/mol. The molecule has 0 spiro atoms. The van der Waals surface area contributed by atoms with Crippen LogP contribution >= 0.6 is 11.3 Å². The van der Waals surface area contributed by atoms with Gasteiger partial charge >= 0.3 is 0 Å². The van der Waals surface area contributed by atoms with Crippen molar-refractivity contribution in [2.24, 2.45) is 5.92 Å². The van der Waals surface area contributed by atoms with Crippen molar-refractivity contribution < 1.29 is 8.42 Å². The molecule has 1 N–H and O–H groups in total. The van der Waals surface area contributed by atoms with E-state index in [1.54, 1.807) is 10.4 Å². The molecule has 0 aliphatic carbocycles. The van der Waals surface area contributed by atoms with Crippen LogP contribution in [0.25, 0.3) is 0 Å².